The van der Waals surface area contributed by atoms with Crippen molar-refractivity contribution in [1.29, 1.82) is 0 Å². The molecule has 0 fully saturated rings. The molecule has 0 aliphatic carbocycles. The number of aryl methyl sites for hydroxylation is 2. The van der Waals surface area contributed by atoms with Crippen LogP contribution in [0.3, 0.4) is 0 Å². The van der Waals surface area contributed by atoms with E-state index in [0.717, 1.165) is 28.5 Å². The topological polar surface area (TPSA) is 88.9 Å². The molecule has 2 aromatic heterocycles. The maximum atomic E-state index is 13.6. The monoisotopic (exact) mass is 478 g/mol. The summed E-state index contributed by atoms with van der Waals surface area (Å²) in [7, 11) is 1.64. The predicted molar refractivity (Wildman–Crippen MR) is 132 cm³/mol. The summed E-state index contributed by atoms with van der Waals surface area (Å²) in [5.74, 6) is 0.419. The fraction of sp³-hybridized carbons (Fsp3) is 0.385. The van der Waals surface area contributed by atoms with Gasteiger partial charge in [0.25, 0.3) is 5.56 Å². The number of H-pyrrole nitrogens is 1. The second-order valence-electron chi connectivity index (χ2n) is 8.86. The molecule has 0 saturated heterocycles. The Labute approximate surface area is 203 Å². The summed E-state index contributed by atoms with van der Waals surface area (Å²) in [5.41, 5.74) is 4.58. The van der Waals surface area contributed by atoms with Crippen LogP contribution in [0.4, 0.5) is 4.39 Å². The van der Waals surface area contributed by atoms with Gasteiger partial charge < -0.3 is 9.72 Å². The number of nitrogens with one attached hydrogen (secondary N) is 1. The van der Waals surface area contributed by atoms with Crippen LogP contribution in [0.15, 0.2) is 47.3 Å². The van der Waals surface area contributed by atoms with E-state index in [4.69, 9.17) is 4.74 Å². The first-order valence-corrected chi connectivity index (χ1v) is 11.8. The molecule has 2 heterocycles. The Hall–Kier alpha value is -3.43. The third-order valence-corrected chi connectivity index (χ3v) is 6.40. The number of hydrogen-bond acceptors (Lipinski definition) is 6. The van der Waals surface area contributed by atoms with Gasteiger partial charge in [0, 0.05) is 31.3 Å². The predicted octanol–water partition coefficient (Wildman–Crippen LogP) is 4.07. The normalized spacial score (nSPS) is 12.5. The fourth-order valence-electron chi connectivity index (χ4n) is 4.35. The molecule has 0 radical (unpaired) electrons. The van der Waals surface area contributed by atoms with Crippen molar-refractivity contribution in [3.05, 3.63) is 86.7 Å². The highest BCUT2D eigenvalue weighted by Gasteiger charge is 2.26. The lowest BCUT2D eigenvalue weighted by Gasteiger charge is -2.30. The van der Waals surface area contributed by atoms with Crippen molar-refractivity contribution < 1.29 is 9.13 Å². The van der Waals surface area contributed by atoms with Gasteiger partial charge in [-0.25, -0.2) is 9.07 Å². The third kappa shape index (κ3) is 5.63. The summed E-state index contributed by atoms with van der Waals surface area (Å²) in [4.78, 5) is 18.3. The van der Waals surface area contributed by atoms with Gasteiger partial charge in [0.05, 0.1) is 19.2 Å². The third-order valence-electron chi connectivity index (χ3n) is 6.40. The van der Waals surface area contributed by atoms with Crippen LogP contribution >= 0.6 is 0 Å². The van der Waals surface area contributed by atoms with Gasteiger partial charge >= 0.3 is 0 Å². The number of tetrazole rings is 1. The Bertz CT molecular complexity index is 1350. The molecule has 4 aromatic rings. The van der Waals surface area contributed by atoms with Crippen molar-refractivity contribution >= 4 is 10.9 Å². The second-order valence-corrected chi connectivity index (χ2v) is 8.86. The Kier molecular flexibility index (Phi) is 7.67. The van der Waals surface area contributed by atoms with Gasteiger partial charge in [0.15, 0.2) is 5.82 Å². The van der Waals surface area contributed by atoms with E-state index in [9.17, 15) is 9.18 Å². The SMILES string of the molecule is CCC(c1nnnn1CCOC)N(Cc1ccc(F)cc1)Cc1cc2cc(C)c(C)cc2[nH]c1=O. The number of halogens is 1. The number of methoxy groups -OCH3 is 1. The average Bonchev–Trinajstić information content (AvgIpc) is 3.29. The molecule has 8 nitrogen and oxygen atoms in total. The summed E-state index contributed by atoms with van der Waals surface area (Å²) in [5, 5.41) is 13.3. The number of rotatable bonds is 10. The highest BCUT2D eigenvalue weighted by atomic mass is 19.1. The van der Waals surface area contributed by atoms with Crippen LogP contribution in [0.1, 0.15) is 47.5 Å². The lowest BCUT2D eigenvalue weighted by Crippen LogP contribution is -2.32. The Morgan fingerprint density at radius 1 is 1.11 bits per heavy atom. The molecular weight excluding hydrogens is 447 g/mol. The highest BCUT2D eigenvalue weighted by molar-refractivity contribution is 5.80. The molecule has 0 bridgehead atoms. The van der Waals surface area contributed by atoms with E-state index < -0.39 is 0 Å². The number of benzene rings is 2. The molecule has 0 saturated carbocycles. The first-order chi connectivity index (χ1) is 16.9. The van der Waals surface area contributed by atoms with E-state index in [-0.39, 0.29) is 17.4 Å². The van der Waals surface area contributed by atoms with Gasteiger partial charge in [-0.3, -0.25) is 9.69 Å². The van der Waals surface area contributed by atoms with Crippen molar-refractivity contribution in [1.82, 2.24) is 30.1 Å². The molecule has 35 heavy (non-hydrogen) atoms. The zero-order valence-electron chi connectivity index (χ0n) is 20.6. The van der Waals surface area contributed by atoms with Gasteiger partial charge in [0.2, 0.25) is 0 Å². The highest BCUT2D eigenvalue weighted by Crippen LogP contribution is 2.27. The van der Waals surface area contributed by atoms with Crippen molar-refractivity contribution in [2.75, 3.05) is 13.7 Å². The number of ether oxygens (including phenoxy) is 1. The minimum absolute atomic E-state index is 0.126. The van der Waals surface area contributed by atoms with E-state index in [1.165, 1.54) is 17.7 Å². The molecule has 1 unspecified atom stereocenters. The Balaban J connectivity index is 1.73. The second kappa shape index (κ2) is 10.9. The van der Waals surface area contributed by atoms with Crippen LogP contribution in [-0.2, 0) is 24.4 Å². The number of nitrogens with zero attached hydrogens (tertiary/aromatic N) is 5. The van der Waals surface area contributed by atoms with Crippen LogP contribution in [0.5, 0.6) is 0 Å². The van der Waals surface area contributed by atoms with E-state index in [1.807, 2.05) is 19.1 Å². The van der Waals surface area contributed by atoms with Crippen LogP contribution in [0, 0.1) is 19.7 Å². The van der Waals surface area contributed by atoms with Crippen molar-refractivity contribution in [2.24, 2.45) is 0 Å². The van der Waals surface area contributed by atoms with E-state index >= 15 is 0 Å². The number of aromatic nitrogens is 5. The van der Waals surface area contributed by atoms with Crippen LogP contribution in [0.2, 0.25) is 0 Å². The molecule has 0 aliphatic rings. The molecule has 4 rings (SSSR count). The molecule has 1 atom stereocenters. The van der Waals surface area contributed by atoms with Gasteiger partial charge in [-0.05, 0) is 83.1 Å². The molecule has 0 aliphatic heterocycles. The number of aromatic amines is 1. The maximum absolute atomic E-state index is 13.6. The standard InChI is InChI=1S/C26H31FN6O2/c1-5-24(25-29-30-31-33(25)10-11-35-4)32(15-19-6-8-22(27)9-7-19)16-21-14-20-12-17(2)18(3)13-23(20)28-26(21)34/h6-9,12-14,24H,5,10-11,15-16H2,1-4H3,(H,28,34). The first-order valence-electron chi connectivity index (χ1n) is 11.8. The summed E-state index contributed by atoms with van der Waals surface area (Å²) in [6.45, 7) is 8.04. The Morgan fingerprint density at radius 2 is 1.86 bits per heavy atom. The zero-order chi connectivity index (χ0) is 24.9. The molecule has 9 heteroatoms. The summed E-state index contributed by atoms with van der Waals surface area (Å²) >= 11 is 0. The minimum atomic E-state index is -0.285. The summed E-state index contributed by atoms with van der Waals surface area (Å²) < 4.78 is 20.5. The number of fused-ring (bicyclic) bond motifs is 1. The lowest BCUT2D eigenvalue weighted by atomic mass is 10.0. The summed E-state index contributed by atoms with van der Waals surface area (Å²) in [6, 6.07) is 12.3. The molecule has 2 aromatic carbocycles. The van der Waals surface area contributed by atoms with E-state index in [1.54, 1.807) is 23.9 Å². The molecule has 0 spiro atoms. The minimum Gasteiger partial charge on any atom is -0.383 e. The van der Waals surface area contributed by atoms with Gasteiger partial charge in [-0.2, -0.15) is 0 Å². The van der Waals surface area contributed by atoms with Crippen molar-refractivity contribution in [2.45, 2.75) is 52.9 Å². The Morgan fingerprint density at radius 3 is 2.57 bits per heavy atom. The van der Waals surface area contributed by atoms with Crippen molar-refractivity contribution in [3.8, 4) is 0 Å². The van der Waals surface area contributed by atoms with Crippen LogP contribution in [-0.4, -0.2) is 43.8 Å². The smallest absolute Gasteiger partial charge is 0.252 e. The first kappa shape index (κ1) is 24.7. The molecular formula is C26H31FN6O2. The molecule has 0 amide bonds. The molecule has 184 valence electrons. The number of pyridine rings is 1. The number of hydrogen-bond donors (Lipinski definition) is 1. The van der Waals surface area contributed by atoms with Gasteiger partial charge in [-0.15, -0.1) is 5.10 Å². The molecule has 1 N–H and O–H groups in total. The van der Waals surface area contributed by atoms with Crippen LogP contribution in [0.25, 0.3) is 10.9 Å². The maximum Gasteiger partial charge on any atom is 0.252 e. The lowest BCUT2D eigenvalue weighted by molar-refractivity contribution is 0.151. The van der Waals surface area contributed by atoms with Crippen LogP contribution < -0.4 is 5.56 Å². The average molecular weight is 479 g/mol. The fourth-order valence-corrected chi connectivity index (χ4v) is 4.35. The van der Waals surface area contributed by atoms with Gasteiger partial charge in [-0.1, -0.05) is 19.1 Å². The quantitative estimate of drug-likeness (QED) is 0.370. The van der Waals surface area contributed by atoms with E-state index in [2.05, 4.69) is 45.3 Å². The zero-order valence-corrected chi connectivity index (χ0v) is 20.6. The van der Waals surface area contributed by atoms with Crippen molar-refractivity contribution in [3.63, 3.8) is 0 Å². The van der Waals surface area contributed by atoms with E-state index in [0.29, 0.717) is 37.6 Å². The summed E-state index contributed by atoms with van der Waals surface area (Å²) in [6.07, 6.45) is 0.721. The largest absolute Gasteiger partial charge is 0.383 e. The van der Waals surface area contributed by atoms with Gasteiger partial charge in [0.1, 0.15) is 5.82 Å².